The van der Waals surface area contributed by atoms with E-state index in [0.717, 1.165) is 0 Å². The molecule has 12 heavy (non-hydrogen) atoms. The number of fused-ring (bicyclic) bond motifs is 1. The number of carbonyl (C=O) groups is 2. The lowest BCUT2D eigenvalue weighted by atomic mass is 10.1. The van der Waals surface area contributed by atoms with Crippen LogP contribution in [0.25, 0.3) is 0 Å². The highest BCUT2D eigenvalue weighted by Gasteiger charge is 2.27. The Hall–Kier alpha value is -1.84. The number of aromatic hydroxyl groups is 1. The molecule has 0 saturated heterocycles. The van der Waals surface area contributed by atoms with Crippen LogP contribution in [0.15, 0.2) is 18.2 Å². The molecule has 4 nitrogen and oxygen atoms in total. The minimum absolute atomic E-state index is 0.0313. The predicted molar refractivity (Wildman–Crippen MR) is 41.1 cm³/mol. The van der Waals surface area contributed by atoms with Gasteiger partial charge in [0.25, 0.3) is 11.7 Å². The van der Waals surface area contributed by atoms with Gasteiger partial charge in [0.15, 0.2) is 0 Å². The van der Waals surface area contributed by atoms with Crippen LogP contribution in [0.5, 0.6) is 5.75 Å². The molecule has 1 aliphatic rings. The topological polar surface area (TPSA) is 66.4 Å². The molecule has 1 aromatic rings. The van der Waals surface area contributed by atoms with Crippen molar-refractivity contribution in [3.8, 4) is 5.75 Å². The maximum atomic E-state index is 11.0. The summed E-state index contributed by atoms with van der Waals surface area (Å²) in [6.07, 6.45) is 0. The molecule has 60 valence electrons. The Morgan fingerprint density at radius 2 is 2.00 bits per heavy atom. The summed E-state index contributed by atoms with van der Waals surface area (Å²) >= 11 is 0. The summed E-state index contributed by atoms with van der Waals surface area (Å²) < 4.78 is 0. The summed E-state index contributed by atoms with van der Waals surface area (Å²) in [5, 5.41) is 11.3. The maximum Gasteiger partial charge on any atom is 0.296 e. The van der Waals surface area contributed by atoms with Crippen molar-refractivity contribution in [2.45, 2.75) is 0 Å². The molecular weight excluding hydrogens is 158 g/mol. The molecule has 0 fully saturated rings. The Balaban J connectivity index is 2.62. The highest BCUT2D eigenvalue weighted by molar-refractivity contribution is 6.51. The third-order valence-corrected chi connectivity index (χ3v) is 1.70. The van der Waals surface area contributed by atoms with Gasteiger partial charge >= 0.3 is 0 Å². The van der Waals surface area contributed by atoms with Gasteiger partial charge in [-0.05, 0) is 12.1 Å². The van der Waals surface area contributed by atoms with E-state index in [1.807, 2.05) is 0 Å². The van der Waals surface area contributed by atoms with E-state index >= 15 is 0 Å². The minimum Gasteiger partial charge on any atom is -0.508 e. The van der Waals surface area contributed by atoms with E-state index in [1.54, 1.807) is 0 Å². The van der Waals surface area contributed by atoms with Crippen molar-refractivity contribution in [2.75, 3.05) is 5.32 Å². The summed E-state index contributed by atoms with van der Waals surface area (Å²) in [5.41, 5.74) is 0.697. The Bertz CT molecular complexity index is 384. The zero-order chi connectivity index (χ0) is 8.72. The van der Waals surface area contributed by atoms with Gasteiger partial charge in [-0.1, -0.05) is 0 Å². The van der Waals surface area contributed by atoms with E-state index in [4.69, 9.17) is 5.11 Å². The SMILES string of the molecule is O=C1Nc2cc(O)ccc2C1=O. The van der Waals surface area contributed by atoms with Crippen molar-refractivity contribution in [2.24, 2.45) is 0 Å². The number of anilines is 1. The quantitative estimate of drug-likeness (QED) is 0.548. The molecule has 1 aliphatic heterocycles. The van der Waals surface area contributed by atoms with Gasteiger partial charge in [0, 0.05) is 6.07 Å². The van der Waals surface area contributed by atoms with Gasteiger partial charge in [-0.3, -0.25) is 9.59 Å². The van der Waals surface area contributed by atoms with E-state index in [-0.39, 0.29) is 5.75 Å². The molecule has 0 bridgehead atoms. The van der Waals surface area contributed by atoms with Crippen LogP contribution < -0.4 is 5.32 Å². The summed E-state index contributed by atoms with van der Waals surface area (Å²) in [6.45, 7) is 0. The lowest BCUT2D eigenvalue weighted by Gasteiger charge is -1.95. The maximum absolute atomic E-state index is 11.0. The largest absolute Gasteiger partial charge is 0.508 e. The highest BCUT2D eigenvalue weighted by atomic mass is 16.3. The van der Waals surface area contributed by atoms with Crippen LogP contribution in [0.4, 0.5) is 5.69 Å². The third-order valence-electron chi connectivity index (χ3n) is 1.70. The minimum atomic E-state index is -0.643. The molecular formula is C8H5NO3. The van der Waals surface area contributed by atoms with Gasteiger partial charge in [0.2, 0.25) is 0 Å². The fraction of sp³-hybridized carbons (Fsp3) is 0. The Labute approximate surface area is 67.8 Å². The molecule has 0 spiro atoms. The van der Waals surface area contributed by atoms with Gasteiger partial charge in [0.05, 0.1) is 11.3 Å². The molecule has 0 saturated carbocycles. The van der Waals surface area contributed by atoms with E-state index in [0.29, 0.717) is 11.3 Å². The van der Waals surface area contributed by atoms with Gasteiger partial charge in [-0.25, -0.2) is 0 Å². The van der Waals surface area contributed by atoms with Crippen LogP contribution in [-0.4, -0.2) is 16.8 Å². The molecule has 2 N–H and O–H groups in total. The molecule has 1 amide bonds. The van der Waals surface area contributed by atoms with Crippen LogP contribution in [0.1, 0.15) is 10.4 Å². The first-order valence-corrected chi connectivity index (χ1v) is 3.37. The molecule has 1 heterocycles. The van der Waals surface area contributed by atoms with Gasteiger partial charge < -0.3 is 10.4 Å². The highest BCUT2D eigenvalue weighted by Crippen LogP contribution is 2.26. The molecule has 4 heteroatoms. The number of nitrogens with one attached hydrogen (secondary N) is 1. The van der Waals surface area contributed by atoms with Crippen molar-refractivity contribution >= 4 is 17.4 Å². The van der Waals surface area contributed by atoms with Gasteiger partial charge in [0.1, 0.15) is 5.75 Å². The number of Topliss-reactive ketones (excluding diaryl/α,β-unsaturated/α-hetero) is 1. The molecule has 0 aromatic heterocycles. The van der Waals surface area contributed by atoms with E-state index in [2.05, 4.69) is 5.32 Å². The Kier molecular flexibility index (Phi) is 1.18. The number of carbonyl (C=O) groups excluding carboxylic acids is 2. The van der Waals surface area contributed by atoms with E-state index in [9.17, 15) is 9.59 Å². The molecule has 1 aromatic carbocycles. The van der Waals surface area contributed by atoms with Crippen molar-refractivity contribution in [1.29, 1.82) is 0 Å². The number of hydrogen-bond acceptors (Lipinski definition) is 3. The number of hydrogen-bond donors (Lipinski definition) is 2. The van der Waals surface area contributed by atoms with E-state index < -0.39 is 11.7 Å². The molecule has 2 rings (SSSR count). The molecule has 0 atom stereocenters. The first kappa shape index (κ1) is 6.84. The zero-order valence-electron chi connectivity index (χ0n) is 6.00. The Morgan fingerprint density at radius 3 is 2.75 bits per heavy atom. The van der Waals surface area contributed by atoms with Crippen LogP contribution in [0, 0.1) is 0 Å². The second-order valence-electron chi connectivity index (χ2n) is 2.51. The first-order valence-electron chi connectivity index (χ1n) is 3.37. The number of ketones is 1. The van der Waals surface area contributed by atoms with Crippen LogP contribution in [-0.2, 0) is 4.79 Å². The third kappa shape index (κ3) is 0.780. The number of rotatable bonds is 0. The van der Waals surface area contributed by atoms with Crippen molar-refractivity contribution in [3.63, 3.8) is 0 Å². The average Bonchev–Trinajstić information content (AvgIpc) is 2.28. The summed E-state index contributed by atoms with van der Waals surface area (Å²) in [7, 11) is 0. The normalized spacial score (nSPS) is 14.3. The second-order valence-corrected chi connectivity index (χ2v) is 2.51. The standard InChI is InChI=1S/C8H5NO3/c10-4-1-2-5-6(3-4)9-8(12)7(5)11/h1-3,10H,(H,9,11,12). The van der Waals surface area contributed by atoms with Crippen molar-refractivity contribution in [1.82, 2.24) is 0 Å². The average molecular weight is 163 g/mol. The lowest BCUT2D eigenvalue weighted by molar-refractivity contribution is -0.112. The molecule has 0 aliphatic carbocycles. The van der Waals surface area contributed by atoms with Gasteiger partial charge in [-0.15, -0.1) is 0 Å². The fourth-order valence-electron chi connectivity index (χ4n) is 1.14. The second kappa shape index (κ2) is 2.07. The lowest BCUT2D eigenvalue weighted by Crippen LogP contribution is -2.12. The Morgan fingerprint density at radius 1 is 1.25 bits per heavy atom. The number of phenolic OH excluding ortho intramolecular Hbond substituents is 1. The van der Waals surface area contributed by atoms with Crippen LogP contribution in [0.2, 0.25) is 0 Å². The summed E-state index contributed by atoms with van der Waals surface area (Å²) in [4.78, 5) is 21.8. The molecule has 0 unspecified atom stereocenters. The summed E-state index contributed by atoms with van der Waals surface area (Å²) in [5.74, 6) is -1.16. The van der Waals surface area contributed by atoms with Gasteiger partial charge in [-0.2, -0.15) is 0 Å². The number of amides is 1. The predicted octanol–water partition coefficient (Wildman–Crippen LogP) is 0.527. The molecule has 0 radical (unpaired) electrons. The zero-order valence-corrected chi connectivity index (χ0v) is 6.00. The smallest absolute Gasteiger partial charge is 0.296 e. The van der Waals surface area contributed by atoms with Crippen molar-refractivity contribution in [3.05, 3.63) is 23.8 Å². The van der Waals surface area contributed by atoms with E-state index in [1.165, 1.54) is 18.2 Å². The van der Waals surface area contributed by atoms with Crippen LogP contribution in [0.3, 0.4) is 0 Å². The van der Waals surface area contributed by atoms with Crippen LogP contribution >= 0.6 is 0 Å². The summed E-state index contributed by atoms with van der Waals surface area (Å²) in [6, 6.07) is 4.14. The number of benzene rings is 1. The van der Waals surface area contributed by atoms with Crippen molar-refractivity contribution < 1.29 is 14.7 Å². The number of phenols is 1. The fourth-order valence-corrected chi connectivity index (χ4v) is 1.14. The monoisotopic (exact) mass is 163 g/mol. The first-order chi connectivity index (χ1) is 5.68.